The van der Waals surface area contributed by atoms with E-state index in [9.17, 15) is 4.79 Å². The number of aromatic amines is 1. The predicted molar refractivity (Wildman–Crippen MR) is 104 cm³/mol. The van der Waals surface area contributed by atoms with Crippen LogP contribution >= 0.6 is 0 Å². The molecule has 0 atom stereocenters. The second-order valence-electron chi connectivity index (χ2n) is 6.63. The minimum absolute atomic E-state index is 0.0369. The van der Waals surface area contributed by atoms with Gasteiger partial charge in [-0.3, -0.25) is 4.79 Å². The van der Waals surface area contributed by atoms with E-state index >= 15 is 0 Å². The number of furan rings is 1. The molecule has 0 aliphatic heterocycles. The summed E-state index contributed by atoms with van der Waals surface area (Å²) in [6, 6.07) is 11.9. The van der Waals surface area contributed by atoms with E-state index in [-0.39, 0.29) is 5.91 Å². The Bertz CT molecular complexity index is 1030. The molecular weight excluding hydrogens is 356 g/mol. The van der Waals surface area contributed by atoms with Crippen LogP contribution in [0.15, 0.2) is 57.7 Å². The smallest absolute Gasteiger partial charge is 0.220 e. The molecule has 0 bridgehead atoms. The van der Waals surface area contributed by atoms with Crippen molar-refractivity contribution in [1.82, 2.24) is 20.5 Å². The average Bonchev–Trinajstić information content (AvgIpc) is 3.46. The van der Waals surface area contributed by atoms with E-state index in [0.29, 0.717) is 44.0 Å². The Hall–Kier alpha value is -3.35. The number of para-hydroxylation sites is 1. The van der Waals surface area contributed by atoms with Gasteiger partial charge in [-0.05, 0) is 30.2 Å². The summed E-state index contributed by atoms with van der Waals surface area (Å²) >= 11 is 0. The molecule has 0 saturated carbocycles. The van der Waals surface area contributed by atoms with Crippen LogP contribution < -0.4 is 5.32 Å². The molecule has 0 radical (unpaired) electrons. The SMILES string of the molecule is O=C(CCc1nnc(CCc2c[nH]c3ccccc23)o1)NCCc1ccco1. The normalized spacial score (nSPS) is 11.1. The number of carbonyl (C=O) groups excluding carboxylic acids is 1. The zero-order chi connectivity index (χ0) is 19.2. The van der Waals surface area contributed by atoms with Gasteiger partial charge in [-0.1, -0.05) is 18.2 Å². The summed E-state index contributed by atoms with van der Waals surface area (Å²) in [5.41, 5.74) is 2.35. The second kappa shape index (κ2) is 8.56. The Morgan fingerprint density at radius 1 is 1.00 bits per heavy atom. The lowest BCUT2D eigenvalue weighted by molar-refractivity contribution is -0.121. The first kappa shape index (κ1) is 18.0. The van der Waals surface area contributed by atoms with E-state index < -0.39 is 0 Å². The van der Waals surface area contributed by atoms with Gasteiger partial charge >= 0.3 is 0 Å². The van der Waals surface area contributed by atoms with Crippen molar-refractivity contribution in [3.63, 3.8) is 0 Å². The molecule has 0 saturated heterocycles. The first-order chi connectivity index (χ1) is 13.8. The molecule has 0 aliphatic carbocycles. The fourth-order valence-corrected chi connectivity index (χ4v) is 3.16. The largest absolute Gasteiger partial charge is 0.469 e. The van der Waals surface area contributed by atoms with E-state index in [1.807, 2.05) is 30.5 Å². The van der Waals surface area contributed by atoms with Gasteiger partial charge in [0.15, 0.2) is 0 Å². The second-order valence-corrected chi connectivity index (χ2v) is 6.63. The van der Waals surface area contributed by atoms with Crippen LogP contribution in [0.5, 0.6) is 0 Å². The van der Waals surface area contributed by atoms with Crippen LogP contribution in [0, 0.1) is 0 Å². The Kier molecular flexibility index (Phi) is 5.51. The summed E-state index contributed by atoms with van der Waals surface area (Å²) in [5.74, 6) is 1.91. The number of carbonyl (C=O) groups is 1. The van der Waals surface area contributed by atoms with Crippen molar-refractivity contribution < 1.29 is 13.6 Å². The van der Waals surface area contributed by atoms with E-state index in [0.717, 1.165) is 17.7 Å². The molecule has 0 unspecified atom stereocenters. The van der Waals surface area contributed by atoms with Crippen LogP contribution in [0.4, 0.5) is 0 Å². The minimum atomic E-state index is -0.0369. The van der Waals surface area contributed by atoms with Crippen molar-refractivity contribution in [1.29, 1.82) is 0 Å². The van der Waals surface area contributed by atoms with Gasteiger partial charge in [0.2, 0.25) is 17.7 Å². The number of aromatic nitrogens is 3. The first-order valence-corrected chi connectivity index (χ1v) is 9.43. The third kappa shape index (κ3) is 4.49. The summed E-state index contributed by atoms with van der Waals surface area (Å²) in [7, 11) is 0. The third-order valence-corrected chi connectivity index (χ3v) is 4.63. The lowest BCUT2D eigenvalue weighted by atomic mass is 10.1. The Morgan fingerprint density at radius 2 is 1.86 bits per heavy atom. The summed E-state index contributed by atoms with van der Waals surface area (Å²) < 4.78 is 10.9. The van der Waals surface area contributed by atoms with Crippen LogP contribution in [-0.4, -0.2) is 27.6 Å². The molecule has 7 nitrogen and oxygen atoms in total. The van der Waals surface area contributed by atoms with Crippen molar-refractivity contribution in [3.8, 4) is 0 Å². The maximum absolute atomic E-state index is 11.9. The van der Waals surface area contributed by atoms with Gasteiger partial charge in [0.25, 0.3) is 0 Å². The Labute approximate surface area is 162 Å². The molecule has 4 aromatic rings. The number of fused-ring (bicyclic) bond motifs is 1. The zero-order valence-corrected chi connectivity index (χ0v) is 15.5. The monoisotopic (exact) mass is 378 g/mol. The molecule has 3 heterocycles. The molecule has 1 amide bonds. The number of amides is 1. The lowest BCUT2D eigenvalue weighted by Gasteiger charge is -2.02. The zero-order valence-electron chi connectivity index (χ0n) is 15.5. The lowest BCUT2D eigenvalue weighted by Crippen LogP contribution is -2.25. The molecular formula is C21H22N4O3. The topological polar surface area (TPSA) is 97.0 Å². The van der Waals surface area contributed by atoms with Gasteiger partial charge in [0, 0.05) is 49.3 Å². The van der Waals surface area contributed by atoms with Gasteiger partial charge in [-0.25, -0.2) is 0 Å². The van der Waals surface area contributed by atoms with E-state index in [4.69, 9.17) is 8.83 Å². The number of hydrogen-bond donors (Lipinski definition) is 2. The summed E-state index contributed by atoms with van der Waals surface area (Å²) in [5, 5.41) is 12.2. The van der Waals surface area contributed by atoms with Crippen LogP contribution in [0.25, 0.3) is 10.9 Å². The fraction of sp³-hybridized carbons (Fsp3) is 0.286. The highest BCUT2D eigenvalue weighted by molar-refractivity contribution is 5.83. The summed E-state index contributed by atoms with van der Waals surface area (Å²) in [6.07, 6.45) is 6.58. The molecule has 2 N–H and O–H groups in total. The highest BCUT2D eigenvalue weighted by Gasteiger charge is 2.10. The van der Waals surface area contributed by atoms with Crippen molar-refractivity contribution in [2.45, 2.75) is 32.1 Å². The molecule has 0 spiro atoms. The van der Waals surface area contributed by atoms with E-state index in [1.54, 1.807) is 6.26 Å². The van der Waals surface area contributed by atoms with Gasteiger partial charge in [0.05, 0.1) is 6.26 Å². The third-order valence-electron chi connectivity index (χ3n) is 4.63. The standard InChI is InChI=1S/C21H22N4O3/c26-19(22-12-11-16-4-3-13-27-16)8-10-21-25-24-20(28-21)9-7-15-14-23-18-6-2-1-5-17(15)18/h1-6,13-14,23H,7-12H2,(H,22,26). The number of aryl methyl sites for hydroxylation is 3. The minimum Gasteiger partial charge on any atom is -0.469 e. The molecule has 0 fully saturated rings. The number of nitrogens with zero attached hydrogens (tertiary/aromatic N) is 2. The number of H-pyrrole nitrogens is 1. The predicted octanol–water partition coefficient (Wildman–Crippen LogP) is 3.22. The van der Waals surface area contributed by atoms with Crippen LogP contribution in [0.3, 0.4) is 0 Å². The quantitative estimate of drug-likeness (QED) is 0.466. The number of nitrogens with one attached hydrogen (secondary N) is 2. The van der Waals surface area contributed by atoms with Crippen LogP contribution in [0.2, 0.25) is 0 Å². The average molecular weight is 378 g/mol. The van der Waals surface area contributed by atoms with Crippen molar-refractivity contribution in [2.75, 3.05) is 6.54 Å². The van der Waals surface area contributed by atoms with Gasteiger partial charge < -0.3 is 19.1 Å². The van der Waals surface area contributed by atoms with Gasteiger partial charge in [-0.15, -0.1) is 10.2 Å². The maximum Gasteiger partial charge on any atom is 0.220 e. The molecule has 4 rings (SSSR count). The highest BCUT2D eigenvalue weighted by Crippen LogP contribution is 2.19. The molecule has 144 valence electrons. The molecule has 0 aliphatic rings. The fourth-order valence-electron chi connectivity index (χ4n) is 3.16. The van der Waals surface area contributed by atoms with E-state index in [2.05, 4.69) is 32.6 Å². The molecule has 28 heavy (non-hydrogen) atoms. The van der Waals surface area contributed by atoms with Crippen LogP contribution in [0.1, 0.15) is 29.5 Å². The van der Waals surface area contributed by atoms with Crippen molar-refractivity contribution >= 4 is 16.8 Å². The molecule has 1 aromatic carbocycles. The van der Waals surface area contributed by atoms with Gasteiger partial charge in [-0.2, -0.15) is 0 Å². The van der Waals surface area contributed by atoms with Crippen LogP contribution in [-0.2, 0) is 30.5 Å². The highest BCUT2D eigenvalue weighted by atomic mass is 16.4. The summed E-state index contributed by atoms with van der Waals surface area (Å²) in [6.45, 7) is 0.548. The van der Waals surface area contributed by atoms with Gasteiger partial charge in [0.1, 0.15) is 5.76 Å². The number of benzene rings is 1. The van der Waals surface area contributed by atoms with Crippen molar-refractivity contribution in [2.24, 2.45) is 0 Å². The van der Waals surface area contributed by atoms with E-state index in [1.165, 1.54) is 10.9 Å². The number of rotatable bonds is 9. The van der Waals surface area contributed by atoms with Crippen molar-refractivity contribution in [3.05, 3.63) is 72.0 Å². The molecule has 7 heteroatoms. The Balaban J connectivity index is 1.21. The molecule has 3 aromatic heterocycles. The summed E-state index contributed by atoms with van der Waals surface area (Å²) in [4.78, 5) is 15.2. The Morgan fingerprint density at radius 3 is 2.71 bits per heavy atom. The number of hydrogen-bond acceptors (Lipinski definition) is 5. The maximum atomic E-state index is 11.9. The first-order valence-electron chi connectivity index (χ1n) is 9.43.